The van der Waals surface area contributed by atoms with Crippen molar-refractivity contribution >= 4 is 21.5 Å². The van der Waals surface area contributed by atoms with Crippen molar-refractivity contribution in [3.63, 3.8) is 0 Å². The molecular formula is C12H14N4O2S. The van der Waals surface area contributed by atoms with Crippen LogP contribution in [0.25, 0.3) is 0 Å². The summed E-state index contributed by atoms with van der Waals surface area (Å²) in [5, 5.41) is 8.12. The van der Waals surface area contributed by atoms with Crippen molar-refractivity contribution in [1.82, 2.24) is 4.98 Å². The van der Waals surface area contributed by atoms with Gasteiger partial charge in [0.1, 0.15) is 5.82 Å². The van der Waals surface area contributed by atoms with E-state index in [1.165, 1.54) is 12.1 Å². The number of anilines is 2. The van der Waals surface area contributed by atoms with Gasteiger partial charge >= 0.3 is 0 Å². The molecule has 0 spiro atoms. The molecule has 0 saturated heterocycles. The summed E-state index contributed by atoms with van der Waals surface area (Å²) < 4.78 is 22.2. The summed E-state index contributed by atoms with van der Waals surface area (Å²) in [6.07, 6.45) is 1.56. The highest BCUT2D eigenvalue weighted by molar-refractivity contribution is 7.89. The van der Waals surface area contributed by atoms with E-state index in [-0.39, 0.29) is 4.90 Å². The molecule has 2 rings (SSSR count). The Bertz CT molecular complexity index is 651. The minimum Gasteiger partial charge on any atom is -0.397 e. The van der Waals surface area contributed by atoms with Gasteiger partial charge in [-0.15, -0.1) is 0 Å². The van der Waals surface area contributed by atoms with Crippen molar-refractivity contribution in [1.29, 1.82) is 0 Å². The lowest BCUT2D eigenvalue weighted by Gasteiger charge is -2.06. The lowest BCUT2D eigenvalue weighted by molar-refractivity contribution is 0.598. The van der Waals surface area contributed by atoms with Crippen LogP contribution >= 0.6 is 0 Å². The predicted molar refractivity (Wildman–Crippen MR) is 73.8 cm³/mol. The number of benzene rings is 1. The fourth-order valence-electron chi connectivity index (χ4n) is 1.50. The first-order valence-electron chi connectivity index (χ1n) is 5.52. The number of hydrogen-bond acceptors (Lipinski definition) is 5. The molecule has 6 nitrogen and oxygen atoms in total. The molecule has 0 aliphatic carbocycles. The molecule has 100 valence electrons. The second-order valence-corrected chi connectivity index (χ2v) is 5.58. The summed E-state index contributed by atoms with van der Waals surface area (Å²) >= 11 is 0. The summed E-state index contributed by atoms with van der Waals surface area (Å²) in [6.45, 7) is 0.530. The minimum absolute atomic E-state index is 0.0989. The number of rotatable bonds is 4. The fourth-order valence-corrected chi connectivity index (χ4v) is 2.01. The zero-order chi connectivity index (χ0) is 13.9. The van der Waals surface area contributed by atoms with E-state index < -0.39 is 10.0 Å². The van der Waals surface area contributed by atoms with Gasteiger partial charge in [-0.25, -0.2) is 18.5 Å². The number of pyridine rings is 1. The van der Waals surface area contributed by atoms with Gasteiger partial charge in [0.2, 0.25) is 10.0 Å². The van der Waals surface area contributed by atoms with Crippen LogP contribution in [0, 0.1) is 0 Å². The van der Waals surface area contributed by atoms with Crippen LogP contribution in [0.5, 0.6) is 0 Å². The Morgan fingerprint density at radius 3 is 2.32 bits per heavy atom. The maximum atomic E-state index is 11.1. The van der Waals surface area contributed by atoms with Crippen LogP contribution < -0.4 is 16.2 Å². The molecule has 0 bridgehead atoms. The largest absolute Gasteiger partial charge is 0.397 e. The number of nitrogens with one attached hydrogen (secondary N) is 1. The third-order valence-electron chi connectivity index (χ3n) is 2.51. The van der Waals surface area contributed by atoms with Crippen LogP contribution in [-0.4, -0.2) is 13.4 Å². The smallest absolute Gasteiger partial charge is 0.238 e. The van der Waals surface area contributed by atoms with E-state index in [2.05, 4.69) is 10.3 Å². The maximum absolute atomic E-state index is 11.1. The first kappa shape index (κ1) is 13.3. The van der Waals surface area contributed by atoms with Gasteiger partial charge in [-0.3, -0.25) is 0 Å². The molecule has 0 atom stereocenters. The minimum atomic E-state index is -3.64. The van der Waals surface area contributed by atoms with E-state index in [1.807, 2.05) is 0 Å². The molecule has 7 heteroatoms. The Balaban J connectivity index is 2.02. The molecule has 0 fully saturated rings. The third-order valence-corrected chi connectivity index (χ3v) is 3.44. The molecule has 0 unspecified atom stereocenters. The number of nitrogen functional groups attached to an aromatic ring is 1. The van der Waals surface area contributed by atoms with E-state index in [9.17, 15) is 8.42 Å². The van der Waals surface area contributed by atoms with Crippen LogP contribution in [0.15, 0.2) is 47.5 Å². The second kappa shape index (κ2) is 5.25. The monoisotopic (exact) mass is 278 g/mol. The Morgan fingerprint density at radius 2 is 1.79 bits per heavy atom. The topological polar surface area (TPSA) is 111 Å². The number of sulfonamides is 1. The van der Waals surface area contributed by atoms with Crippen LogP contribution in [0.3, 0.4) is 0 Å². The summed E-state index contributed by atoms with van der Waals surface area (Å²) in [5.74, 6) is 0.699. The zero-order valence-electron chi connectivity index (χ0n) is 10.1. The summed E-state index contributed by atoms with van der Waals surface area (Å²) in [5.41, 5.74) is 7.05. The fraction of sp³-hybridized carbons (Fsp3) is 0.0833. The average molecular weight is 278 g/mol. The molecule has 0 saturated carbocycles. The van der Waals surface area contributed by atoms with E-state index >= 15 is 0 Å². The van der Waals surface area contributed by atoms with E-state index in [1.54, 1.807) is 30.5 Å². The molecule has 2 aromatic rings. The zero-order valence-corrected chi connectivity index (χ0v) is 10.9. The first-order valence-corrected chi connectivity index (χ1v) is 7.07. The molecular weight excluding hydrogens is 264 g/mol. The van der Waals surface area contributed by atoms with Crippen molar-refractivity contribution in [2.45, 2.75) is 11.4 Å². The quantitative estimate of drug-likeness (QED) is 0.770. The Kier molecular flexibility index (Phi) is 3.68. The number of primary sulfonamides is 1. The summed E-state index contributed by atoms with van der Waals surface area (Å²) in [6, 6.07) is 9.87. The first-order chi connectivity index (χ1) is 8.95. The number of nitrogens with zero attached hydrogens (tertiary/aromatic N) is 1. The van der Waals surface area contributed by atoms with Crippen LogP contribution in [-0.2, 0) is 16.6 Å². The SMILES string of the molecule is Nc1ccc(NCc2ccc(S(N)(=O)=O)cc2)nc1. The lowest BCUT2D eigenvalue weighted by atomic mass is 10.2. The van der Waals surface area contributed by atoms with Gasteiger partial charge in [0, 0.05) is 6.54 Å². The molecule has 1 aromatic heterocycles. The average Bonchev–Trinajstić information content (AvgIpc) is 2.37. The van der Waals surface area contributed by atoms with Crippen molar-refractivity contribution in [2.24, 2.45) is 5.14 Å². The highest BCUT2D eigenvalue weighted by Gasteiger charge is 2.06. The second-order valence-electron chi connectivity index (χ2n) is 4.02. The van der Waals surface area contributed by atoms with Gasteiger partial charge in [0.25, 0.3) is 0 Å². The lowest BCUT2D eigenvalue weighted by Crippen LogP contribution is -2.12. The molecule has 0 aliphatic rings. The van der Waals surface area contributed by atoms with Gasteiger partial charge in [-0.1, -0.05) is 12.1 Å². The number of hydrogen-bond donors (Lipinski definition) is 3. The van der Waals surface area contributed by atoms with Crippen molar-refractivity contribution in [2.75, 3.05) is 11.1 Å². The molecule has 0 radical (unpaired) electrons. The Morgan fingerprint density at radius 1 is 1.11 bits per heavy atom. The van der Waals surface area contributed by atoms with Crippen molar-refractivity contribution in [3.05, 3.63) is 48.2 Å². The standard InChI is InChI=1S/C12H14N4O2S/c13-10-3-6-12(16-8-10)15-7-9-1-4-11(5-2-9)19(14,17)18/h1-6,8H,7,13H2,(H,15,16)(H2,14,17,18). The number of aromatic nitrogens is 1. The molecule has 0 aliphatic heterocycles. The molecule has 1 aromatic carbocycles. The van der Waals surface area contributed by atoms with E-state index in [0.29, 0.717) is 18.1 Å². The Labute approximate surface area is 111 Å². The predicted octanol–water partition coefficient (Wildman–Crippen LogP) is 0.923. The molecule has 1 heterocycles. The number of nitrogens with two attached hydrogens (primary N) is 2. The van der Waals surface area contributed by atoms with Crippen LogP contribution in [0.1, 0.15) is 5.56 Å². The summed E-state index contributed by atoms with van der Waals surface area (Å²) in [7, 11) is -3.64. The van der Waals surface area contributed by atoms with E-state index in [4.69, 9.17) is 10.9 Å². The van der Waals surface area contributed by atoms with Gasteiger partial charge in [0.15, 0.2) is 0 Å². The van der Waals surface area contributed by atoms with E-state index in [0.717, 1.165) is 5.56 Å². The van der Waals surface area contributed by atoms with Gasteiger partial charge in [-0.2, -0.15) is 0 Å². The third kappa shape index (κ3) is 3.67. The van der Waals surface area contributed by atoms with Gasteiger partial charge in [-0.05, 0) is 29.8 Å². The normalized spacial score (nSPS) is 11.2. The van der Waals surface area contributed by atoms with Crippen molar-refractivity contribution < 1.29 is 8.42 Å². The van der Waals surface area contributed by atoms with Crippen LogP contribution in [0.4, 0.5) is 11.5 Å². The molecule has 19 heavy (non-hydrogen) atoms. The van der Waals surface area contributed by atoms with Crippen molar-refractivity contribution in [3.8, 4) is 0 Å². The highest BCUT2D eigenvalue weighted by Crippen LogP contribution is 2.11. The molecule has 0 amide bonds. The van der Waals surface area contributed by atoms with Gasteiger partial charge in [0.05, 0.1) is 16.8 Å². The van der Waals surface area contributed by atoms with Crippen LogP contribution in [0.2, 0.25) is 0 Å². The van der Waals surface area contributed by atoms with Gasteiger partial charge < -0.3 is 11.1 Å². The maximum Gasteiger partial charge on any atom is 0.238 e. The summed E-state index contributed by atoms with van der Waals surface area (Å²) in [4.78, 5) is 4.20. The Hall–Kier alpha value is -2.12. The highest BCUT2D eigenvalue weighted by atomic mass is 32.2. The molecule has 5 N–H and O–H groups in total.